The number of pyridine rings is 1. The summed E-state index contributed by atoms with van der Waals surface area (Å²) in [6, 6.07) is 3.98. The average Bonchev–Trinajstić information content (AvgIpc) is 2.49. The molecule has 4 N–H and O–H groups in total. The van der Waals surface area contributed by atoms with Crippen LogP contribution in [-0.2, 0) is 4.79 Å². The Morgan fingerprint density at radius 2 is 2.00 bits per heavy atom. The molecule has 1 aromatic heterocycles. The summed E-state index contributed by atoms with van der Waals surface area (Å²) in [4.78, 5) is 20.2. The number of anilines is 1. The summed E-state index contributed by atoms with van der Waals surface area (Å²) in [6.07, 6.45) is 5.45. The summed E-state index contributed by atoms with van der Waals surface area (Å²) in [7, 11) is 0. The van der Waals surface area contributed by atoms with Crippen LogP contribution in [0.5, 0.6) is 0 Å². The molecule has 6 nitrogen and oxygen atoms in total. The minimum atomic E-state index is -0.118. The minimum absolute atomic E-state index is 0. The first kappa shape index (κ1) is 23.6. The number of nitrogens with zero attached hydrogens (tertiary/aromatic N) is 2. The Balaban J connectivity index is 0.00000576. The standard InChI is InChI=1S/C18H31N5O.HI/c1-13(2)6-5-7-15(4)22-18(19)20-11-10-17(24)23-16-9-8-14(3)12-21-16;/h8-9,12-13,15H,5-7,10-11H2,1-4H3,(H3,19,20,22)(H,21,23,24);1H. The Hall–Kier alpha value is -1.38. The van der Waals surface area contributed by atoms with Crippen LogP contribution in [0.25, 0.3) is 0 Å². The van der Waals surface area contributed by atoms with E-state index in [0.717, 1.165) is 17.9 Å². The van der Waals surface area contributed by atoms with Gasteiger partial charge in [-0.15, -0.1) is 24.0 Å². The predicted molar refractivity (Wildman–Crippen MR) is 115 cm³/mol. The van der Waals surface area contributed by atoms with E-state index in [-0.39, 0.29) is 42.3 Å². The zero-order valence-corrected chi connectivity index (χ0v) is 18.0. The fourth-order valence-electron chi connectivity index (χ4n) is 2.23. The topological polar surface area (TPSA) is 92.4 Å². The molecular formula is C18H32IN5O. The van der Waals surface area contributed by atoms with Crippen LogP contribution in [0.1, 0.15) is 52.0 Å². The van der Waals surface area contributed by atoms with Crippen molar-refractivity contribution < 1.29 is 4.79 Å². The van der Waals surface area contributed by atoms with E-state index in [1.807, 2.05) is 13.0 Å². The van der Waals surface area contributed by atoms with Gasteiger partial charge in [0.15, 0.2) is 5.96 Å². The van der Waals surface area contributed by atoms with E-state index >= 15 is 0 Å². The van der Waals surface area contributed by atoms with Crippen LogP contribution in [0, 0.1) is 12.8 Å². The molecule has 1 heterocycles. The number of guanidine groups is 1. The number of halogens is 1. The lowest BCUT2D eigenvalue weighted by atomic mass is 10.0. The van der Waals surface area contributed by atoms with Gasteiger partial charge in [0, 0.05) is 18.7 Å². The van der Waals surface area contributed by atoms with Crippen LogP contribution < -0.4 is 16.4 Å². The Labute approximate surface area is 168 Å². The van der Waals surface area contributed by atoms with E-state index in [0.29, 0.717) is 18.3 Å². The quantitative estimate of drug-likeness (QED) is 0.298. The first-order valence-electron chi connectivity index (χ1n) is 8.65. The van der Waals surface area contributed by atoms with Gasteiger partial charge in [-0.1, -0.05) is 32.8 Å². The van der Waals surface area contributed by atoms with Gasteiger partial charge in [-0.3, -0.25) is 9.79 Å². The monoisotopic (exact) mass is 461 g/mol. The van der Waals surface area contributed by atoms with Gasteiger partial charge in [-0.2, -0.15) is 0 Å². The third-order valence-electron chi connectivity index (χ3n) is 3.61. The molecule has 7 heteroatoms. The lowest BCUT2D eigenvalue weighted by Gasteiger charge is -2.15. The second-order valence-corrected chi connectivity index (χ2v) is 6.66. The number of aromatic nitrogens is 1. The second-order valence-electron chi connectivity index (χ2n) is 6.66. The molecule has 0 aromatic carbocycles. The number of amides is 1. The van der Waals surface area contributed by atoms with Gasteiger partial charge in [-0.25, -0.2) is 4.98 Å². The molecule has 0 saturated carbocycles. The summed E-state index contributed by atoms with van der Waals surface area (Å²) < 4.78 is 0. The molecule has 0 aliphatic heterocycles. The summed E-state index contributed by atoms with van der Waals surface area (Å²) in [6.45, 7) is 8.86. The molecule has 0 aliphatic rings. The van der Waals surface area contributed by atoms with Crippen molar-refractivity contribution in [2.45, 2.75) is 59.4 Å². The van der Waals surface area contributed by atoms with Crippen molar-refractivity contribution in [3.05, 3.63) is 23.9 Å². The maximum atomic E-state index is 11.8. The van der Waals surface area contributed by atoms with E-state index in [4.69, 9.17) is 5.73 Å². The fourth-order valence-corrected chi connectivity index (χ4v) is 2.23. The first-order chi connectivity index (χ1) is 11.4. The highest BCUT2D eigenvalue weighted by molar-refractivity contribution is 14.0. The van der Waals surface area contributed by atoms with E-state index in [1.165, 1.54) is 12.8 Å². The molecule has 1 aromatic rings. The Morgan fingerprint density at radius 3 is 2.60 bits per heavy atom. The number of nitrogens with two attached hydrogens (primary N) is 1. The smallest absolute Gasteiger partial charge is 0.227 e. The van der Waals surface area contributed by atoms with E-state index in [9.17, 15) is 4.79 Å². The third-order valence-corrected chi connectivity index (χ3v) is 3.61. The van der Waals surface area contributed by atoms with Crippen LogP contribution in [0.15, 0.2) is 23.3 Å². The van der Waals surface area contributed by atoms with Crippen molar-refractivity contribution in [3.8, 4) is 0 Å². The molecule has 0 bridgehead atoms. The van der Waals surface area contributed by atoms with E-state index < -0.39 is 0 Å². The fraction of sp³-hybridized carbons (Fsp3) is 0.611. The van der Waals surface area contributed by atoms with Crippen molar-refractivity contribution in [2.24, 2.45) is 16.6 Å². The zero-order valence-electron chi connectivity index (χ0n) is 15.7. The van der Waals surface area contributed by atoms with Crippen LogP contribution in [0.3, 0.4) is 0 Å². The summed E-state index contributed by atoms with van der Waals surface area (Å²) in [5.74, 6) is 1.56. The second kappa shape index (κ2) is 12.9. The molecule has 0 spiro atoms. The van der Waals surface area contributed by atoms with Gasteiger partial charge in [-0.05, 0) is 37.8 Å². The maximum absolute atomic E-state index is 11.8. The Bertz CT molecular complexity index is 531. The third kappa shape index (κ3) is 11.7. The molecule has 0 aliphatic carbocycles. The highest BCUT2D eigenvalue weighted by atomic mass is 127. The van der Waals surface area contributed by atoms with Gasteiger partial charge >= 0.3 is 0 Å². The van der Waals surface area contributed by atoms with E-state index in [2.05, 4.69) is 41.4 Å². The number of hydrogen-bond acceptors (Lipinski definition) is 3. The lowest BCUT2D eigenvalue weighted by Crippen LogP contribution is -2.38. The highest BCUT2D eigenvalue weighted by Crippen LogP contribution is 2.08. The summed E-state index contributed by atoms with van der Waals surface area (Å²) >= 11 is 0. The highest BCUT2D eigenvalue weighted by Gasteiger charge is 2.05. The van der Waals surface area contributed by atoms with Crippen LogP contribution >= 0.6 is 24.0 Å². The maximum Gasteiger partial charge on any atom is 0.227 e. The van der Waals surface area contributed by atoms with Crippen LogP contribution in [-0.4, -0.2) is 29.4 Å². The normalized spacial score (nSPS) is 12.4. The molecule has 1 amide bonds. The van der Waals surface area contributed by atoms with E-state index in [1.54, 1.807) is 12.3 Å². The predicted octanol–water partition coefficient (Wildman–Crippen LogP) is 3.46. The van der Waals surface area contributed by atoms with Crippen molar-refractivity contribution in [1.29, 1.82) is 0 Å². The molecule has 142 valence electrons. The van der Waals surface area contributed by atoms with Gasteiger partial charge in [0.25, 0.3) is 0 Å². The van der Waals surface area contributed by atoms with Gasteiger partial charge < -0.3 is 16.4 Å². The number of carbonyl (C=O) groups is 1. The number of carbonyl (C=O) groups excluding carboxylic acids is 1. The van der Waals surface area contributed by atoms with Gasteiger partial charge in [0.05, 0.1) is 6.54 Å². The molecule has 0 fully saturated rings. The number of aliphatic imine (C=N–C) groups is 1. The van der Waals surface area contributed by atoms with Gasteiger partial charge in [0.2, 0.25) is 5.91 Å². The molecular weight excluding hydrogens is 429 g/mol. The molecule has 0 radical (unpaired) electrons. The summed E-state index contributed by atoms with van der Waals surface area (Å²) in [5.41, 5.74) is 6.91. The molecule has 0 saturated heterocycles. The first-order valence-corrected chi connectivity index (χ1v) is 8.65. The van der Waals surface area contributed by atoms with Crippen molar-refractivity contribution >= 4 is 41.7 Å². The zero-order chi connectivity index (χ0) is 17.9. The number of hydrogen-bond donors (Lipinski definition) is 3. The molecule has 1 unspecified atom stereocenters. The Morgan fingerprint density at radius 1 is 1.28 bits per heavy atom. The van der Waals surface area contributed by atoms with Crippen LogP contribution in [0.4, 0.5) is 5.82 Å². The average molecular weight is 461 g/mol. The number of nitrogens with one attached hydrogen (secondary N) is 2. The largest absolute Gasteiger partial charge is 0.370 e. The molecule has 1 rings (SSSR count). The number of rotatable bonds is 9. The van der Waals surface area contributed by atoms with Crippen molar-refractivity contribution in [3.63, 3.8) is 0 Å². The molecule has 1 atom stereocenters. The minimum Gasteiger partial charge on any atom is -0.370 e. The number of aryl methyl sites for hydroxylation is 1. The summed E-state index contributed by atoms with van der Waals surface area (Å²) in [5, 5.41) is 5.91. The van der Waals surface area contributed by atoms with Gasteiger partial charge in [0.1, 0.15) is 5.82 Å². The lowest BCUT2D eigenvalue weighted by molar-refractivity contribution is -0.116. The SMILES string of the molecule is Cc1ccc(NC(=O)CCN=C(N)NC(C)CCCC(C)C)nc1.I. The van der Waals surface area contributed by atoms with Crippen LogP contribution in [0.2, 0.25) is 0 Å². The van der Waals surface area contributed by atoms with Crippen molar-refractivity contribution in [1.82, 2.24) is 10.3 Å². The van der Waals surface area contributed by atoms with Crippen molar-refractivity contribution in [2.75, 3.05) is 11.9 Å². The molecule has 25 heavy (non-hydrogen) atoms. The Kier molecular flexibility index (Phi) is 12.2.